The van der Waals surface area contributed by atoms with E-state index in [4.69, 9.17) is 9.47 Å². The molecule has 2 heterocycles. The Bertz CT molecular complexity index is 1220. The molecular weight excluding hydrogens is 448 g/mol. The molecule has 2 aliphatic heterocycles. The Morgan fingerprint density at radius 2 is 1.49 bits per heavy atom. The fourth-order valence-corrected chi connectivity index (χ4v) is 5.03. The Hall–Kier alpha value is -3.94. The van der Waals surface area contributed by atoms with Crippen LogP contribution in [0.5, 0.6) is 11.5 Å². The van der Waals surface area contributed by atoms with Crippen molar-refractivity contribution in [2.24, 2.45) is 17.8 Å². The summed E-state index contributed by atoms with van der Waals surface area (Å²) < 4.78 is 10.7. The third-order valence-electron chi connectivity index (χ3n) is 6.98. The third-order valence-corrected chi connectivity index (χ3v) is 6.98. The molecule has 8 nitrogen and oxygen atoms in total. The number of nitrogens with zero attached hydrogens (tertiary/aromatic N) is 2. The molecule has 0 saturated carbocycles. The summed E-state index contributed by atoms with van der Waals surface area (Å²) in [5, 5.41) is 0. The lowest BCUT2D eigenvalue weighted by Gasteiger charge is -2.18. The van der Waals surface area contributed by atoms with Gasteiger partial charge in [-0.25, -0.2) is 0 Å². The predicted octanol–water partition coefficient (Wildman–Crippen LogP) is 3.50. The Kier molecular flexibility index (Phi) is 5.88. The molecule has 180 valence electrons. The minimum atomic E-state index is -0.593. The second-order valence-corrected chi connectivity index (χ2v) is 9.23. The molecule has 3 amide bonds. The smallest absolute Gasteiger partial charge is 0.316 e. The standard InChI is InChI=1S/C27H26N2O6/c1-16-3-12-22-23(13-16)26(32)29(25(22)31)19-6-10-21(11-7-19)35-27(33)17-14-24(30)28(15-17)18-4-8-20(34-2)9-5-18/h3-11,17,22-23H,12-15H2,1-2H3/t17-,22+,23+/m1/s1. The average molecular weight is 475 g/mol. The van der Waals surface area contributed by atoms with E-state index in [1.807, 2.05) is 13.0 Å². The van der Waals surface area contributed by atoms with Crippen molar-refractivity contribution < 1.29 is 28.7 Å². The van der Waals surface area contributed by atoms with Crippen LogP contribution in [0.15, 0.2) is 60.2 Å². The number of ether oxygens (including phenoxy) is 2. The number of allylic oxidation sites excluding steroid dienone is 2. The first-order valence-electron chi connectivity index (χ1n) is 11.7. The monoisotopic (exact) mass is 474 g/mol. The first kappa shape index (κ1) is 22.8. The summed E-state index contributed by atoms with van der Waals surface area (Å²) in [6.07, 6.45) is 3.29. The van der Waals surface area contributed by atoms with Gasteiger partial charge in [0.1, 0.15) is 11.5 Å². The zero-order chi connectivity index (χ0) is 24.7. The SMILES string of the molecule is COc1ccc(N2C[C@H](C(=O)Oc3ccc(N4C(=O)[C@H]5CC=C(C)C[C@@H]5C4=O)cc3)CC2=O)cc1. The van der Waals surface area contributed by atoms with E-state index >= 15 is 0 Å². The fraction of sp³-hybridized carbons (Fsp3) is 0.333. The van der Waals surface area contributed by atoms with Crippen LogP contribution in [0, 0.1) is 17.8 Å². The molecule has 2 aromatic carbocycles. The molecule has 0 spiro atoms. The maximum Gasteiger partial charge on any atom is 0.316 e. The summed E-state index contributed by atoms with van der Waals surface area (Å²) in [4.78, 5) is 53.8. The number of anilines is 2. The van der Waals surface area contributed by atoms with Gasteiger partial charge in [0.25, 0.3) is 0 Å². The van der Waals surface area contributed by atoms with Gasteiger partial charge in [-0.15, -0.1) is 0 Å². The van der Waals surface area contributed by atoms with E-state index in [0.717, 1.165) is 5.57 Å². The summed E-state index contributed by atoms with van der Waals surface area (Å²) in [7, 11) is 1.57. The third kappa shape index (κ3) is 4.20. The molecule has 3 aliphatic rings. The fourth-order valence-electron chi connectivity index (χ4n) is 5.03. The first-order chi connectivity index (χ1) is 16.9. The van der Waals surface area contributed by atoms with Crippen molar-refractivity contribution >= 4 is 35.1 Å². The van der Waals surface area contributed by atoms with Gasteiger partial charge in [0.05, 0.1) is 30.6 Å². The van der Waals surface area contributed by atoms with Crippen LogP contribution < -0.4 is 19.3 Å². The van der Waals surface area contributed by atoms with Crippen LogP contribution in [-0.4, -0.2) is 37.3 Å². The maximum atomic E-state index is 12.9. The van der Waals surface area contributed by atoms with Crippen LogP contribution in [-0.2, 0) is 19.2 Å². The number of imide groups is 1. The van der Waals surface area contributed by atoms with Crippen LogP contribution in [0.1, 0.15) is 26.2 Å². The normalized spacial score (nSPS) is 23.9. The van der Waals surface area contributed by atoms with Crippen molar-refractivity contribution in [2.45, 2.75) is 26.2 Å². The predicted molar refractivity (Wildman–Crippen MR) is 128 cm³/mol. The van der Waals surface area contributed by atoms with Crippen molar-refractivity contribution in [1.82, 2.24) is 0 Å². The van der Waals surface area contributed by atoms with Crippen LogP contribution in [0.25, 0.3) is 0 Å². The van der Waals surface area contributed by atoms with Crippen molar-refractivity contribution in [3.63, 3.8) is 0 Å². The minimum absolute atomic E-state index is 0.0654. The van der Waals surface area contributed by atoms with Gasteiger partial charge in [0.15, 0.2) is 0 Å². The number of hydrogen-bond donors (Lipinski definition) is 0. The number of benzene rings is 2. The van der Waals surface area contributed by atoms with Crippen LogP contribution in [0.4, 0.5) is 11.4 Å². The highest BCUT2D eigenvalue weighted by molar-refractivity contribution is 6.22. The lowest BCUT2D eigenvalue weighted by atomic mass is 9.82. The highest BCUT2D eigenvalue weighted by Gasteiger charge is 2.48. The molecule has 2 aromatic rings. The molecule has 8 heteroatoms. The Morgan fingerprint density at radius 1 is 0.857 bits per heavy atom. The summed E-state index contributed by atoms with van der Waals surface area (Å²) in [6, 6.07) is 13.4. The quantitative estimate of drug-likeness (QED) is 0.285. The summed E-state index contributed by atoms with van der Waals surface area (Å²) in [6.45, 7) is 2.21. The Labute approximate surface area is 203 Å². The van der Waals surface area contributed by atoms with Gasteiger partial charge in [-0.1, -0.05) is 11.6 Å². The number of methoxy groups -OCH3 is 1. The van der Waals surface area contributed by atoms with Gasteiger partial charge in [0.2, 0.25) is 17.7 Å². The molecule has 0 aromatic heterocycles. The van der Waals surface area contributed by atoms with Gasteiger partial charge >= 0.3 is 5.97 Å². The van der Waals surface area contributed by atoms with E-state index in [0.29, 0.717) is 35.7 Å². The molecular formula is C27H26N2O6. The van der Waals surface area contributed by atoms with E-state index in [2.05, 4.69) is 0 Å². The topological polar surface area (TPSA) is 93.2 Å². The van der Waals surface area contributed by atoms with Gasteiger partial charge in [-0.3, -0.25) is 24.1 Å². The number of esters is 1. The van der Waals surface area contributed by atoms with Crippen LogP contribution in [0.2, 0.25) is 0 Å². The lowest BCUT2D eigenvalue weighted by Crippen LogP contribution is -2.30. The van der Waals surface area contributed by atoms with Crippen LogP contribution in [0.3, 0.4) is 0 Å². The van der Waals surface area contributed by atoms with Gasteiger partial charge < -0.3 is 14.4 Å². The number of hydrogen-bond acceptors (Lipinski definition) is 6. The molecule has 1 aliphatic carbocycles. The number of carbonyl (C=O) groups excluding carboxylic acids is 4. The number of rotatable bonds is 5. The summed E-state index contributed by atoms with van der Waals surface area (Å²) in [5.41, 5.74) is 2.29. The van der Waals surface area contributed by atoms with Crippen molar-refractivity contribution in [2.75, 3.05) is 23.5 Å². The minimum Gasteiger partial charge on any atom is -0.497 e. The highest BCUT2D eigenvalue weighted by atomic mass is 16.5. The molecule has 0 radical (unpaired) electrons. The molecule has 5 rings (SSSR count). The molecule has 0 N–H and O–H groups in total. The van der Waals surface area contributed by atoms with Crippen LogP contribution >= 0.6 is 0 Å². The molecule has 2 fully saturated rings. The Morgan fingerprint density at radius 3 is 2.17 bits per heavy atom. The second-order valence-electron chi connectivity index (χ2n) is 9.23. The lowest BCUT2D eigenvalue weighted by molar-refractivity contribution is -0.139. The van der Waals surface area contributed by atoms with E-state index in [1.165, 1.54) is 4.90 Å². The van der Waals surface area contributed by atoms with Gasteiger partial charge in [-0.05, 0) is 68.3 Å². The molecule has 2 saturated heterocycles. The van der Waals surface area contributed by atoms with Crippen molar-refractivity contribution in [3.8, 4) is 11.5 Å². The molecule has 35 heavy (non-hydrogen) atoms. The van der Waals surface area contributed by atoms with Crippen molar-refractivity contribution in [3.05, 3.63) is 60.2 Å². The number of amides is 3. The van der Waals surface area contributed by atoms with Crippen molar-refractivity contribution in [1.29, 1.82) is 0 Å². The van der Waals surface area contributed by atoms with Gasteiger partial charge in [0, 0.05) is 18.7 Å². The molecule has 0 unspecified atom stereocenters. The summed E-state index contributed by atoms with van der Waals surface area (Å²) >= 11 is 0. The average Bonchev–Trinajstić information content (AvgIpc) is 3.37. The Balaban J connectivity index is 1.23. The zero-order valence-electron chi connectivity index (χ0n) is 19.6. The molecule has 3 atom stereocenters. The number of fused-ring (bicyclic) bond motifs is 1. The van der Waals surface area contributed by atoms with E-state index < -0.39 is 11.9 Å². The first-order valence-corrected chi connectivity index (χ1v) is 11.7. The molecule has 0 bridgehead atoms. The number of carbonyl (C=O) groups is 4. The van der Waals surface area contributed by atoms with E-state index in [9.17, 15) is 19.2 Å². The summed E-state index contributed by atoms with van der Waals surface area (Å²) in [5.74, 6) is -1.24. The largest absolute Gasteiger partial charge is 0.497 e. The van der Waals surface area contributed by atoms with E-state index in [-0.39, 0.29) is 42.5 Å². The zero-order valence-corrected chi connectivity index (χ0v) is 19.6. The maximum absolute atomic E-state index is 12.9. The van der Waals surface area contributed by atoms with Gasteiger partial charge in [-0.2, -0.15) is 0 Å². The second kappa shape index (κ2) is 9.02. The highest BCUT2D eigenvalue weighted by Crippen LogP contribution is 2.40. The van der Waals surface area contributed by atoms with E-state index in [1.54, 1.807) is 60.5 Å².